The van der Waals surface area contributed by atoms with E-state index in [0.29, 0.717) is 6.54 Å². The first-order valence-corrected chi connectivity index (χ1v) is 10.8. The highest BCUT2D eigenvalue weighted by molar-refractivity contribution is 5.81. The number of anilines is 1. The lowest BCUT2D eigenvalue weighted by molar-refractivity contribution is -0.129. The van der Waals surface area contributed by atoms with E-state index in [2.05, 4.69) is 35.1 Å². The molecule has 1 amide bonds. The summed E-state index contributed by atoms with van der Waals surface area (Å²) in [6.45, 7) is 3.89. The molecule has 1 atom stereocenters. The van der Waals surface area contributed by atoms with Crippen LogP contribution in [0.3, 0.4) is 0 Å². The van der Waals surface area contributed by atoms with Gasteiger partial charge >= 0.3 is 0 Å². The summed E-state index contributed by atoms with van der Waals surface area (Å²) in [7, 11) is 6.07. The summed E-state index contributed by atoms with van der Waals surface area (Å²) in [6, 6.07) is 12.3. The Kier molecular flexibility index (Phi) is 6.13. The van der Waals surface area contributed by atoms with Crippen molar-refractivity contribution >= 4 is 22.6 Å². The van der Waals surface area contributed by atoms with Crippen molar-refractivity contribution in [1.29, 1.82) is 0 Å². The predicted octanol–water partition coefficient (Wildman–Crippen LogP) is 3.41. The molecule has 3 heterocycles. The molecule has 4 rings (SSSR count). The molecule has 3 aromatic rings. The highest BCUT2D eigenvalue weighted by Gasteiger charge is 2.30. The Morgan fingerprint density at radius 3 is 2.71 bits per heavy atom. The van der Waals surface area contributed by atoms with Gasteiger partial charge in [-0.05, 0) is 37.6 Å². The number of hydrogen-bond donors (Lipinski definition) is 0. The summed E-state index contributed by atoms with van der Waals surface area (Å²) in [4.78, 5) is 32.3. The highest BCUT2D eigenvalue weighted by Crippen LogP contribution is 2.31. The number of pyridine rings is 1. The summed E-state index contributed by atoms with van der Waals surface area (Å²) in [5.41, 5.74) is 3.22. The van der Waals surface area contributed by atoms with Crippen LogP contribution in [0.4, 0.5) is 5.82 Å². The molecule has 1 aliphatic rings. The van der Waals surface area contributed by atoms with Gasteiger partial charge in [-0.15, -0.1) is 0 Å². The fraction of sp³-hybridized carbons (Fsp3) is 0.417. The lowest BCUT2D eigenvalue weighted by atomic mass is 10.1. The maximum Gasteiger partial charge on any atom is 0.220 e. The lowest BCUT2D eigenvalue weighted by Crippen LogP contribution is -2.30. The zero-order chi connectivity index (χ0) is 22.0. The molecule has 31 heavy (non-hydrogen) atoms. The standard InChI is InChI=1S/C24H30N6O/c1-17(31)30-13-7-10-22(30)24-26-19(14-23(27-24)28(2)3)16-29(4)15-18-11-12-25-21-9-6-5-8-20(18)21/h5-6,8-9,11-12,14,22H,7,10,13,15-16H2,1-4H3. The third kappa shape index (κ3) is 4.66. The van der Waals surface area contributed by atoms with Crippen LogP contribution < -0.4 is 4.90 Å². The Morgan fingerprint density at radius 2 is 1.94 bits per heavy atom. The van der Waals surface area contributed by atoms with Gasteiger partial charge in [0.05, 0.1) is 17.3 Å². The first-order valence-electron chi connectivity index (χ1n) is 10.8. The van der Waals surface area contributed by atoms with Crippen LogP contribution >= 0.6 is 0 Å². The number of fused-ring (bicyclic) bond motifs is 1. The lowest BCUT2D eigenvalue weighted by Gasteiger charge is -2.24. The van der Waals surface area contributed by atoms with Gasteiger partial charge in [-0.3, -0.25) is 14.7 Å². The molecule has 0 aliphatic carbocycles. The average molecular weight is 419 g/mol. The second-order valence-electron chi connectivity index (χ2n) is 8.50. The molecule has 1 fully saturated rings. The van der Waals surface area contributed by atoms with Crippen LogP contribution in [-0.2, 0) is 17.9 Å². The Hall–Kier alpha value is -3.06. The van der Waals surface area contributed by atoms with E-state index in [9.17, 15) is 4.79 Å². The summed E-state index contributed by atoms with van der Waals surface area (Å²) in [5, 5.41) is 1.18. The van der Waals surface area contributed by atoms with E-state index < -0.39 is 0 Å². The van der Waals surface area contributed by atoms with E-state index in [1.807, 2.05) is 48.3 Å². The number of carbonyl (C=O) groups excluding carboxylic acids is 1. The van der Waals surface area contributed by atoms with Gasteiger partial charge in [0, 0.05) is 58.3 Å². The van der Waals surface area contributed by atoms with Crippen LogP contribution in [0.2, 0.25) is 0 Å². The van der Waals surface area contributed by atoms with Gasteiger partial charge in [-0.1, -0.05) is 18.2 Å². The summed E-state index contributed by atoms with van der Waals surface area (Å²) in [5.74, 6) is 1.71. The van der Waals surface area contributed by atoms with Crippen molar-refractivity contribution < 1.29 is 4.79 Å². The summed E-state index contributed by atoms with van der Waals surface area (Å²) >= 11 is 0. The smallest absolute Gasteiger partial charge is 0.220 e. The van der Waals surface area contributed by atoms with Gasteiger partial charge in [0.1, 0.15) is 5.82 Å². The van der Waals surface area contributed by atoms with Crippen molar-refractivity contribution in [3.05, 3.63) is 59.7 Å². The van der Waals surface area contributed by atoms with Gasteiger partial charge in [-0.2, -0.15) is 0 Å². The van der Waals surface area contributed by atoms with Crippen molar-refractivity contribution in [1.82, 2.24) is 24.8 Å². The largest absolute Gasteiger partial charge is 0.363 e. The van der Waals surface area contributed by atoms with E-state index >= 15 is 0 Å². The number of likely N-dealkylation sites (tertiary alicyclic amines) is 1. The molecular formula is C24H30N6O. The number of nitrogens with zero attached hydrogens (tertiary/aromatic N) is 6. The van der Waals surface area contributed by atoms with Crippen molar-refractivity contribution in [2.24, 2.45) is 0 Å². The van der Waals surface area contributed by atoms with Crippen molar-refractivity contribution in [2.45, 2.75) is 38.9 Å². The van der Waals surface area contributed by atoms with E-state index in [-0.39, 0.29) is 11.9 Å². The molecule has 7 nitrogen and oxygen atoms in total. The fourth-order valence-corrected chi connectivity index (χ4v) is 4.29. The third-order valence-corrected chi connectivity index (χ3v) is 5.81. The molecule has 0 bridgehead atoms. The van der Waals surface area contributed by atoms with Gasteiger partial charge < -0.3 is 9.80 Å². The van der Waals surface area contributed by atoms with Crippen LogP contribution in [0, 0.1) is 0 Å². The van der Waals surface area contributed by atoms with Crippen LogP contribution in [0.5, 0.6) is 0 Å². The normalized spacial score (nSPS) is 16.3. The number of aromatic nitrogens is 3. The second kappa shape index (κ2) is 8.98. The number of rotatable bonds is 6. The minimum Gasteiger partial charge on any atom is -0.363 e. The summed E-state index contributed by atoms with van der Waals surface area (Å²) in [6.07, 6.45) is 3.77. The Labute approximate surface area is 183 Å². The number of benzene rings is 1. The minimum absolute atomic E-state index is 0.0365. The third-order valence-electron chi connectivity index (χ3n) is 5.81. The molecule has 7 heteroatoms. The van der Waals surface area contributed by atoms with Crippen molar-refractivity contribution in [3.63, 3.8) is 0 Å². The minimum atomic E-state index is -0.0365. The average Bonchev–Trinajstić information content (AvgIpc) is 3.24. The Bertz CT molecular complexity index is 1080. The van der Waals surface area contributed by atoms with Gasteiger partial charge in [0.15, 0.2) is 5.82 Å². The topological polar surface area (TPSA) is 65.5 Å². The SMILES string of the molecule is CC(=O)N1CCCC1c1nc(CN(C)Cc2ccnc3ccccc23)cc(N(C)C)n1. The zero-order valence-electron chi connectivity index (χ0n) is 18.7. The maximum absolute atomic E-state index is 12.1. The van der Waals surface area contributed by atoms with Crippen LogP contribution in [0.25, 0.3) is 10.9 Å². The van der Waals surface area contributed by atoms with E-state index in [1.165, 1.54) is 10.9 Å². The molecule has 1 unspecified atom stereocenters. The first-order chi connectivity index (χ1) is 14.9. The van der Waals surface area contributed by atoms with Crippen molar-refractivity contribution in [3.8, 4) is 0 Å². The monoisotopic (exact) mass is 418 g/mol. The van der Waals surface area contributed by atoms with Gasteiger partial charge in [-0.25, -0.2) is 9.97 Å². The highest BCUT2D eigenvalue weighted by atomic mass is 16.2. The molecule has 1 aliphatic heterocycles. The zero-order valence-corrected chi connectivity index (χ0v) is 18.7. The molecule has 0 N–H and O–H groups in total. The van der Waals surface area contributed by atoms with Crippen LogP contribution in [0.15, 0.2) is 42.6 Å². The summed E-state index contributed by atoms with van der Waals surface area (Å²) < 4.78 is 0. The molecule has 0 spiro atoms. The first kappa shape index (κ1) is 21.2. The van der Waals surface area contributed by atoms with Gasteiger partial charge in [0.25, 0.3) is 0 Å². The fourth-order valence-electron chi connectivity index (χ4n) is 4.29. The van der Waals surface area contributed by atoms with Gasteiger partial charge in [0.2, 0.25) is 5.91 Å². The van der Waals surface area contributed by atoms with E-state index in [0.717, 1.165) is 48.8 Å². The molecule has 1 aromatic carbocycles. The number of para-hydroxylation sites is 1. The van der Waals surface area contributed by atoms with E-state index in [1.54, 1.807) is 6.92 Å². The van der Waals surface area contributed by atoms with Crippen LogP contribution in [-0.4, -0.2) is 58.3 Å². The Balaban J connectivity index is 1.58. The quantitative estimate of drug-likeness (QED) is 0.611. The number of amides is 1. The predicted molar refractivity (Wildman–Crippen MR) is 123 cm³/mol. The molecule has 162 valence electrons. The number of hydrogen-bond acceptors (Lipinski definition) is 6. The maximum atomic E-state index is 12.1. The molecule has 0 saturated carbocycles. The number of carbonyl (C=O) groups is 1. The molecule has 2 aromatic heterocycles. The Morgan fingerprint density at radius 1 is 1.13 bits per heavy atom. The molecule has 1 saturated heterocycles. The molecular weight excluding hydrogens is 388 g/mol. The second-order valence-corrected chi connectivity index (χ2v) is 8.50. The van der Waals surface area contributed by atoms with Crippen LogP contribution in [0.1, 0.15) is 42.9 Å². The van der Waals surface area contributed by atoms with E-state index in [4.69, 9.17) is 9.97 Å². The van der Waals surface area contributed by atoms with Crippen molar-refractivity contribution in [2.75, 3.05) is 32.6 Å². The molecule has 0 radical (unpaired) electrons.